The first-order chi connectivity index (χ1) is 11.7. The molecule has 0 aromatic carbocycles. The van der Waals surface area contributed by atoms with Gasteiger partial charge >= 0.3 is 0 Å². The molecule has 4 heteroatoms. The van der Waals surface area contributed by atoms with E-state index < -0.39 is 8.32 Å². The molecule has 0 bridgehead atoms. The van der Waals surface area contributed by atoms with Gasteiger partial charge in [-0.2, -0.15) is 0 Å². The Morgan fingerprint density at radius 1 is 1.12 bits per heavy atom. The van der Waals surface area contributed by atoms with Gasteiger partial charge in [0.05, 0.1) is 12.2 Å². The third kappa shape index (κ3) is 4.22. The van der Waals surface area contributed by atoms with E-state index >= 15 is 0 Å². The van der Waals surface area contributed by atoms with E-state index in [0.29, 0.717) is 18.1 Å². The van der Waals surface area contributed by atoms with Crippen LogP contribution in [-0.2, 0) is 14.0 Å². The summed E-state index contributed by atoms with van der Waals surface area (Å²) in [6, 6.07) is 0. The van der Waals surface area contributed by atoms with Crippen LogP contribution in [0.5, 0.6) is 0 Å². The molecule has 1 heterocycles. The van der Waals surface area contributed by atoms with Crippen molar-refractivity contribution in [2.45, 2.75) is 102 Å². The van der Waals surface area contributed by atoms with Gasteiger partial charge in [0.15, 0.2) is 8.32 Å². The minimum atomic E-state index is -1.86. The third-order valence-corrected chi connectivity index (χ3v) is 11.9. The summed E-state index contributed by atoms with van der Waals surface area (Å²) in [4.78, 5) is 12.9. The normalized spacial score (nSPS) is 35.0. The summed E-state index contributed by atoms with van der Waals surface area (Å²) < 4.78 is 12.8. The Kier molecular flexibility index (Phi) is 5.82. The van der Waals surface area contributed by atoms with Crippen molar-refractivity contribution in [2.75, 3.05) is 6.61 Å². The lowest BCUT2D eigenvalue weighted by Gasteiger charge is -2.40. The van der Waals surface area contributed by atoms with Gasteiger partial charge in [0.1, 0.15) is 5.78 Å². The van der Waals surface area contributed by atoms with Crippen molar-refractivity contribution in [1.29, 1.82) is 0 Å². The molecule has 4 atom stereocenters. The Balaban J connectivity index is 1.78. The molecule has 3 aliphatic rings. The van der Waals surface area contributed by atoms with E-state index in [1.807, 2.05) is 0 Å². The van der Waals surface area contributed by atoms with Crippen LogP contribution >= 0.6 is 0 Å². The minimum Gasteiger partial charge on any atom is -0.413 e. The van der Waals surface area contributed by atoms with Crippen LogP contribution in [-0.4, -0.2) is 32.9 Å². The lowest BCUT2D eigenvalue weighted by atomic mass is 9.81. The van der Waals surface area contributed by atoms with E-state index in [-0.39, 0.29) is 23.2 Å². The molecular weight excluding hydrogens is 328 g/mol. The lowest BCUT2D eigenvalue weighted by Crippen LogP contribution is -2.45. The lowest BCUT2D eigenvalue weighted by molar-refractivity contribution is -0.125. The molecule has 3 nitrogen and oxygen atoms in total. The smallest absolute Gasteiger partial charge is 0.192 e. The van der Waals surface area contributed by atoms with Crippen LogP contribution in [0.15, 0.2) is 0 Å². The number of hydrogen-bond donors (Lipinski definition) is 0. The number of carbonyl (C=O) groups excluding carboxylic acids is 1. The van der Waals surface area contributed by atoms with Gasteiger partial charge in [-0.25, -0.2) is 0 Å². The first-order valence-corrected chi connectivity index (χ1v) is 13.4. The summed E-state index contributed by atoms with van der Waals surface area (Å²) in [6.45, 7) is 12.4. The van der Waals surface area contributed by atoms with Gasteiger partial charge in [0.25, 0.3) is 0 Å². The molecule has 3 rings (SSSR count). The highest BCUT2D eigenvalue weighted by molar-refractivity contribution is 6.74. The highest BCUT2D eigenvalue weighted by Gasteiger charge is 2.51. The summed E-state index contributed by atoms with van der Waals surface area (Å²) in [7, 11) is -1.86. The zero-order valence-corrected chi connectivity index (χ0v) is 18.0. The Labute approximate surface area is 155 Å². The maximum atomic E-state index is 12.9. The van der Waals surface area contributed by atoms with Gasteiger partial charge in [0, 0.05) is 18.9 Å². The van der Waals surface area contributed by atoms with Crippen molar-refractivity contribution in [2.24, 2.45) is 17.8 Å². The molecule has 0 spiro atoms. The molecule has 0 aromatic heterocycles. The predicted octanol–water partition coefficient (Wildman–Crippen LogP) is 5.34. The molecule has 0 amide bonds. The average Bonchev–Trinajstić information content (AvgIpc) is 3.21. The molecule has 144 valence electrons. The van der Waals surface area contributed by atoms with Crippen molar-refractivity contribution in [3.63, 3.8) is 0 Å². The average molecular weight is 367 g/mol. The summed E-state index contributed by atoms with van der Waals surface area (Å²) in [5, 5.41) is 0.190. The van der Waals surface area contributed by atoms with Crippen LogP contribution in [0.2, 0.25) is 18.1 Å². The van der Waals surface area contributed by atoms with Gasteiger partial charge in [-0.05, 0) is 49.2 Å². The molecule has 0 radical (unpaired) electrons. The van der Waals surface area contributed by atoms with Gasteiger partial charge in [-0.15, -0.1) is 0 Å². The number of ketones is 1. The molecule has 3 unspecified atom stereocenters. The third-order valence-electron chi connectivity index (χ3n) is 7.41. The summed E-state index contributed by atoms with van der Waals surface area (Å²) in [6.07, 6.45) is 9.67. The molecule has 0 N–H and O–H groups in total. The molecule has 25 heavy (non-hydrogen) atoms. The molecule has 3 fully saturated rings. The van der Waals surface area contributed by atoms with Gasteiger partial charge < -0.3 is 9.16 Å². The molecule has 0 aromatic rings. The maximum Gasteiger partial charge on any atom is 0.192 e. The molecule has 2 saturated carbocycles. The zero-order chi connectivity index (χ0) is 18.2. The van der Waals surface area contributed by atoms with Crippen LogP contribution in [0.1, 0.15) is 72.1 Å². The van der Waals surface area contributed by atoms with Gasteiger partial charge in [0.2, 0.25) is 0 Å². The second-order valence-corrected chi connectivity index (χ2v) is 15.0. The molecule has 1 aliphatic heterocycles. The van der Waals surface area contributed by atoms with E-state index in [1.54, 1.807) is 0 Å². The fourth-order valence-corrected chi connectivity index (χ4v) is 6.31. The predicted molar refractivity (Wildman–Crippen MR) is 104 cm³/mol. The number of ether oxygens (including phenoxy) is 1. The Morgan fingerprint density at radius 3 is 2.36 bits per heavy atom. The topological polar surface area (TPSA) is 35.5 Å². The Morgan fingerprint density at radius 2 is 1.80 bits per heavy atom. The highest BCUT2D eigenvalue weighted by Crippen LogP contribution is 2.47. The highest BCUT2D eigenvalue weighted by atomic mass is 28.4. The van der Waals surface area contributed by atoms with E-state index in [1.165, 1.54) is 32.1 Å². The fraction of sp³-hybridized carbons (Fsp3) is 0.952. The monoisotopic (exact) mass is 366 g/mol. The minimum absolute atomic E-state index is 0.0952. The van der Waals surface area contributed by atoms with E-state index in [9.17, 15) is 4.79 Å². The molecular formula is C21H38O3Si. The van der Waals surface area contributed by atoms with E-state index in [0.717, 1.165) is 25.4 Å². The van der Waals surface area contributed by atoms with Crippen LogP contribution in [0.3, 0.4) is 0 Å². The quantitative estimate of drug-likeness (QED) is 0.616. The van der Waals surface area contributed by atoms with Crippen LogP contribution < -0.4 is 0 Å². The SMILES string of the molecule is CC(C)(C)[Si](C)(C)OC1CC(=O)C([C@H]2CCCO2)C1CC1CCCC1. The maximum absolute atomic E-state index is 12.9. The zero-order valence-electron chi connectivity index (χ0n) is 17.0. The van der Waals surface area contributed by atoms with Gasteiger partial charge in [-0.1, -0.05) is 46.5 Å². The fourth-order valence-electron chi connectivity index (χ4n) is 4.94. The van der Waals surface area contributed by atoms with Crippen molar-refractivity contribution in [1.82, 2.24) is 0 Å². The largest absolute Gasteiger partial charge is 0.413 e. The number of Topliss-reactive ketones (excluding diaryl/α,β-unsaturated/α-hetero) is 1. The number of carbonyl (C=O) groups is 1. The Hall–Kier alpha value is -0.193. The first-order valence-electron chi connectivity index (χ1n) is 10.5. The van der Waals surface area contributed by atoms with Crippen molar-refractivity contribution >= 4 is 14.1 Å². The number of rotatable bonds is 5. The van der Waals surface area contributed by atoms with Crippen molar-refractivity contribution < 1.29 is 14.0 Å². The van der Waals surface area contributed by atoms with Crippen LogP contribution in [0.4, 0.5) is 0 Å². The molecule has 2 aliphatic carbocycles. The summed E-state index contributed by atoms with van der Waals surface area (Å²) in [5.41, 5.74) is 0. The summed E-state index contributed by atoms with van der Waals surface area (Å²) in [5.74, 6) is 1.69. The number of hydrogen-bond acceptors (Lipinski definition) is 3. The van der Waals surface area contributed by atoms with Gasteiger partial charge in [-0.3, -0.25) is 4.79 Å². The second kappa shape index (κ2) is 7.44. The second-order valence-electron chi connectivity index (χ2n) is 10.2. The summed E-state index contributed by atoms with van der Waals surface area (Å²) >= 11 is 0. The standard InChI is InChI=1S/C21H38O3Si/c1-21(2,3)25(4,5)24-19-14-17(22)20(18-11-8-12-23-18)16(19)13-15-9-6-7-10-15/h15-16,18-20H,6-14H2,1-5H3/t16?,18-,19?,20?/m1/s1. The first kappa shape index (κ1) is 19.6. The van der Waals surface area contributed by atoms with Crippen molar-refractivity contribution in [3.8, 4) is 0 Å². The molecule has 1 saturated heterocycles. The van der Waals surface area contributed by atoms with Crippen molar-refractivity contribution in [3.05, 3.63) is 0 Å². The Bertz CT molecular complexity index is 470. The van der Waals surface area contributed by atoms with Crippen LogP contribution in [0, 0.1) is 17.8 Å². The van der Waals surface area contributed by atoms with E-state index in [4.69, 9.17) is 9.16 Å². The van der Waals surface area contributed by atoms with E-state index in [2.05, 4.69) is 33.9 Å². The van der Waals surface area contributed by atoms with Crippen LogP contribution in [0.25, 0.3) is 0 Å².